The Morgan fingerprint density at radius 1 is 1.45 bits per heavy atom. The largest absolute Gasteiger partial charge is 0.496 e. The van der Waals surface area contributed by atoms with Gasteiger partial charge in [-0.25, -0.2) is 4.79 Å². The molecule has 1 rings (SSSR count). The molecule has 122 valence electrons. The lowest BCUT2D eigenvalue weighted by molar-refractivity contribution is -0.385. The molecule has 0 aliphatic carbocycles. The molecule has 3 N–H and O–H groups in total. The van der Waals surface area contributed by atoms with E-state index >= 15 is 0 Å². The number of hydrogen-bond donors (Lipinski definition) is 2. The first-order valence-corrected chi connectivity index (χ1v) is 6.70. The Morgan fingerprint density at radius 3 is 2.55 bits per heavy atom. The quantitative estimate of drug-likeness (QED) is 0.635. The summed E-state index contributed by atoms with van der Waals surface area (Å²) in [7, 11) is 1.44. The molecule has 22 heavy (non-hydrogen) atoms. The highest BCUT2D eigenvalue weighted by atomic mass is 16.6. The second kappa shape index (κ2) is 7.08. The first-order valence-electron chi connectivity index (χ1n) is 6.70. The summed E-state index contributed by atoms with van der Waals surface area (Å²) in [5.41, 5.74) is 5.32. The van der Waals surface area contributed by atoms with Crippen molar-refractivity contribution in [2.75, 3.05) is 13.7 Å². The van der Waals surface area contributed by atoms with Gasteiger partial charge in [0, 0.05) is 24.2 Å². The van der Waals surface area contributed by atoms with E-state index in [2.05, 4.69) is 5.32 Å². The number of nitro groups is 1. The van der Waals surface area contributed by atoms with Crippen LogP contribution in [0.4, 0.5) is 10.5 Å². The first-order chi connectivity index (χ1) is 10.2. The average molecular weight is 311 g/mol. The van der Waals surface area contributed by atoms with Gasteiger partial charge in [-0.3, -0.25) is 10.1 Å². The number of hydrogen-bond acceptors (Lipinski definition) is 6. The van der Waals surface area contributed by atoms with Crippen LogP contribution in [0.1, 0.15) is 32.4 Å². The van der Waals surface area contributed by atoms with Crippen molar-refractivity contribution in [2.24, 2.45) is 5.73 Å². The van der Waals surface area contributed by atoms with Gasteiger partial charge in [-0.2, -0.15) is 0 Å². The van der Waals surface area contributed by atoms with Crippen LogP contribution in [0.25, 0.3) is 0 Å². The van der Waals surface area contributed by atoms with Gasteiger partial charge in [-0.1, -0.05) is 0 Å². The van der Waals surface area contributed by atoms with Gasteiger partial charge < -0.3 is 20.5 Å². The highest BCUT2D eigenvalue weighted by Crippen LogP contribution is 2.29. The Kier molecular flexibility index (Phi) is 5.69. The summed E-state index contributed by atoms with van der Waals surface area (Å²) in [5.74, 6) is 0.400. The number of carbonyl (C=O) groups excluding carboxylic acids is 1. The monoisotopic (exact) mass is 311 g/mol. The highest BCUT2D eigenvalue weighted by molar-refractivity contribution is 5.69. The van der Waals surface area contributed by atoms with E-state index in [1.807, 2.05) is 0 Å². The summed E-state index contributed by atoms with van der Waals surface area (Å²) in [6.45, 7) is 5.24. The highest BCUT2D eigenvalue weighted by Gasteiger charge is 2.23. The third kappa shape index (κ3) is 4.88. The second-order valence-corrected chi connectivity index (χ2v) is 5.62. The number of nitrogens with zero attached hydrogens (tertiary/aromatic N) is 1. The maximum Gasteiger partial charge on any atom is 0.408 e. The number of methoxy groups -OCH3 is 1. The fraction of sp³-hybridized carbons (Fsp3) is 0.500. The van der Waals surface area contributed by atoms with Gasteiger partial charge in [0.05, 0.1) is 18.1 Å². The van der Waals surface area contributed by atoms with Gasteiger partial charge in [0.2, 0.25) is 0 Å². The molecule has 8 nitrogen and oxygen atoms in total. The smallest absolute Gasteiger partial charge is 0.408 e. The lowest BCUT2D eigenvalue weighted by atomic mass is 10.0. The molecule has 1 atom stereocenters. The summed E-state index contributed by atoms with van der Waals surface area (Å²) < 4.78 is 10.3. The minimum Gasteiger partial charge on any atom is -0.496 e. The molecule has 0 bridgehead atoms. The summed E-state index contributed by atoms with van der Waals surface area (Å²) in [6, 6.07) is 3.45. The number of rotatable bonds is 5. The van der Waals surface area contributed by atoms with Gasteiger partial charge >= 0.3 is 6.09 Å². The second-order valence-electron chi connectivity index (χ2n) is 5.62. The molecule has 0 saturated heterocycles. The van der Waals surface area contributed by atoms with Crippen LogP contribution >= 0.6 is 0 Å². The molecule has 0 aliphatic rings. The number of nitrogens with two attached hydrogens (primary N) is 1. The maximum absolute atomic E-state index is 11.9. The van der Waals surface area contributed by atoms with E-state index in [9.17, 15) is 14.9 Å². The van der Waals surface area contributed by atoms with Crippen LogP contribution in [-0.2, 0) is 4.74 Å². The lowest BCUT2D eigenvalue weighted by Gasteiger charge is -2.24. The molecule has 0 spiro atoms. The molecule has 8 heteroatoms. The maximum atomic E-state index is 11.9. The van der Waals surface area contributed by atoms with Crippen molar-refractivity contribution in [1.29, 1.82) is 0 Å². The van der Waals surface area contributed by atoms with Crippen molar-refractivity contribution in [1.82, 2.24) is 5.32 Å². The van der Waals surface area contributed by atoms with Crippen molar-refractivity contribution >= 4 is 11.8 Å². The summed E-state index contributed by atoms with van der Waals surface area (Å²) >= 11 is 0. The minimum atomic E-state index is -0.662. The van der Waals surface area contributed by atoms with E-state index in [-0.39, 0.29) is 12.2 Å². The van der Waals surface area contributed by atoms with Crippen molar-refractivity contribution in [3.63, 3.8) is 0 Å². The van der Waals surface area contributed by atoms with Crippen LogP contribution < -0.4 is 15.8 Å². The molecule has 0 fully saturated rings. The predicted octanol–water partition coefficient (Wildman–Crippen LogP) is 2.13. The number of non-ortho nitro benzene ring substituents is 1. The van der Waals surface area contributed by atoms with Gasteiger partial charge in [-0.05, 0) is 26.8 Å². The molecule has 0 saturated carbocycles. The molecule has 0 heterocycles. The zero-order valence-electron chi connectivity index (χ0n) is 13.1. The van der Waals surface area contributed by atoms with Crippen LogP contribution in [0.3, 0.4) is 0 Å². The molecule has 1 amide bonds. The standard InChI is InChI=1S/C14H21N3O5/c1-14(2,3)22-13(18)16-11(8-15)10-7-9(17(19)20)5-6-12(10)21-4/h5-7,11H,8,15H2,1-4H3,(H,16,18). The number of nitro benzene ring substituents is 1. The average Bonchev–Trinajstić information content (AvgIpc) is 2.42. The predicted molar refractivity (Wildman–Crippen MR) is 80.8 cm³/mol. The molecule has 0 radical (unpaired) electrons. The Hall–Kier alpha value is -2.35. The molecule has 1 unspecified atom stereocenters. The topological polar surface area (TPSA) is 117 Å². The Labute approximate surface area is 128 Å². The minimum absolute atomic E-state index is 0.0385. The summed E-state index contributed by atoms with van der Waals surface area (Å²) in [5, 5.41) is 13.5. The first kappa shape index (κ1) is 17.7. The molecule has 1 aromatic carbocycles. The van der Waals surface area contributed by atoms with Crippen LogP contribution in [0.15, 0.2) is 18.2 Å². The third-order valence-electron chi connectivity index (χ3n) is 2.73. The van der Waals surface area contributed by atoms with Crippen molar-refractivity contribution < 1.29 is 19.2 Å². The molecular formula is C14H21N3O5. The van der Waals surface area contributed by atoms with Gasteiger partial charge in [-0.15, -0.1) is 0 Å². The van der Waals surface area contributed by atoms with Crippen molar-refractivity contribution in [3.8, 4) is 5.75 Å². The number of amides is 1. The number of nitrogens with one attached hydrogen (secondary N) is 1. The van der Waals surface area contributed by atoms with Crippen molar-refractivity contribution in [3.05, 3.63) is 33.9 Å². The fourth-order valence-corrected chi connectivity index (χ4v) is 1.82. The number of benzene rings is 1. The van der Waals surface area contributed by atoms with E-state index in [0.29, 0.717) is 11.3 Å². The number of ether oxygens (including phenoxy) is 2. The Balaban J connectivity index is 3.05. The molecule has 1 aromatic rings. The normalized spacial score (nSPS) is 12.4. The zero-order valence-corrected chi connectivity index (χ0v) is 13.1. The number of alkyl carbamates (subject to hydrolysis) is 1. The van der Waals surface area contributed by atoms with E-state index in [4.69, 9.17) is 15.2 Å². The third-order valence-corrected chi connectivity index (χ3v) is 2.73. The van der Waals surface area contributed by atoms with E-state index in [1.54, 1.807) is 20.8 Å². The van der Waals surface area contributed by atoms with Crippen LogP contribution in [0.2, 0.25) is 0 Å². The van der Waals surface area contributed by atoms with Gasteiger partial charge in [0.15, 0.2) is 0 Å². The van der Waals surface area contributed by atoms with E-state index in [0.717, 1.165) is 0 Å². The van der Waals surface area contributed by atoms with E-state index in [1.165, 1.54) is 25.3 Å². The molecule has 0 aromatic heterocycles. The van der Waals surface area contributed by atoms with Crippen molar-refractivity contribution in [2.45, 2.75) is 32.4 Å². The van der Waals surface area contributed by atoms with Crippen LogP contribution in [0.5, 0.6) is 5.75 Å². The Morgan fingerprint density at radius 2 is 2.09 bits per heavy atom. The SMILES string of the molecule is COc1ccc([N+](=O)[O-])cc1C(CN)NC(=O)OC(C)(C)C. The summed E-state index contributed by atoms with van der Waals surface area (Å²) in [4.78, 5) is 22.2. The lowest BCUT2D eigenvalue weighted by Crippen LogP contribution is -2.37. The number of carbonyl (C=O) groups is 1. The van der Waals surface area contributed by atoms with E-state index < -0.39 is 22.7 Å². The van der Waals surface area contributed by atoms with Crippen LogP contribution in [-0.4, -0.2) is 30.3 Å². The van der Waals surface area contributed by atoms with Gasteiger partial charge in [0.1, 0.15) is 11.4 Å². The zero-order chi connectivity index (χ0) is 16.9. The van der Waals surface area contributed by atoms with Gasteiger partial charge in [0.25, 0.3) is 5.69 Å². The Bertz CT molecular complexity index is 554. The summed E-state index contributed by atoms with van der Waals surface area (Å²) in [6.07, 6.45) is -0.656. The molecule has 0 aliphatic heterocycles. The van der Waals surface area contributed by atoms with Crippen LogP contribution in [0, 0.1) is 10.1 Å². The molecular weight excluding hydrogens is 290 g/mol. The fourth-order valence-electron chi connectivity index (χ4n) is 1.82.